The van der Waals surface area contributed by atoms with E-state index in [1.807, 2.05) is 31.2 Å². The van der Waals surface area contributed by atoms with Crippen LogP contribution in [0, 0.1) is 6.92 Å². The summed E-state index contributed by atoms with van der Waals surface area (Å²) < 4.78 is 27.9. The van der Waals surface area contributed by atoms with Gasteiger partial charge in [-0.2, -0.15) is 0 Å². The fourth-order valence-electron chi connectivity index (χ4n) is 3.67. The predicted molar refractivity (Wildman–Crippen MR) is 128 cm³/mol. The van der Waals surface area contributed by atoms with Crippen LogP contribution in [0.3, 0.4) is 0 Å². The number of hydrogen-bond donors (Lipinski definition) is 1. The number of sulfonamides is 1. The van der Waals surface area contributed by atoms with Crippen molar-refractivity contribution in [1.29, 1.82) is 0 Å². The number of nitrogens with one attached hydrogen (secondary N) is 1. The summed E-state index contributed by atoms with van der Waals surface area (Å²) in [4.78, 5) is 17.2. The van der Waals surface area contributed by atoms with Gasteiger partial charge in [-0.15, -0.1) is 0 Å². The van der Waals surface area contributed by atoms with E-state index in [4.69, 9.17) is 11.6 Å². The number of halogens is 1. The molecule has 8 heteroatoms. The van der Waals surface area contributed by atoms with E-state index in [0.717, 1.165) is 11.3 Å². The lowest BCUT2D eigenvalue weighted by atomic mass is 10.1. The summed E-state index contributed by atoms with van der Waals surface area (Å²) in [5, 5.41) is 0.686. The Morgan fingerprint density at radius 1 is 0.906 bits per heavy atom. The van der Waals surface area contributed by atoms with Crippen molar-refractivity contribution in [3.8, 4) is 0 Å². The molecular formula is C24H24ClN3O3S. The maximum Gasteiger partial charge on any atom is 0.261 e. The molecule has 32 heavy (non-hydrogen) atoms. The minimum atomic E-state index is -3.73. The molecule has 4 rings (SSSR count). The normalized spacial score (nSPS) is 14.3. The first-order valence-electron chi connectivity index (χ1n) is 10.3. The molecule has 0 saturated carbocycles. The van der Waals surface area contributed by atoms with E-state index in [2.05, 4.69) is 9.62 Å². The Morgan fingerprint density at radius 3 is 2.28 bits per heavy atom. The zero-order valence-electron chi connectivity index (χ0n) is 17.7. The van der Waals surface area contributed by atoms with Crippen molar-refractivity contribution in [3.05, 3.63) is 88.9 Å². The van der Waals surface area contributed by atoms with Gasteiger partial charge < -0.3 is 9.80 Å². The summed E-state index contributed by atoms with van der Waals surface area (Å²) in [7, 11) is -3.73. The molecule has 3 aromatic carbocycles. The van der Waals surface area contributed by atoms with Gasteiger partial charge in [0.15, 0.2) is 0 Å². The summed E-state index contributed by atoms with van der Waals surface area (Å²) in [6.07, 6.45) is 0. The molecule has 1 N–H and O–H groups in total. The zero-order chi connectivity index (χ0) is 22.7. The van der Waals surface area contributed by atoms with E-state index in [1.165, 1.54) is 0 Å². The predicted octanol–water partition coefficient (Wildman–Crippen LogP) is 4.41. The van der Waals surface area contributed by atoms with Crippen LogP contribution >= 0.6 is 11.6 Å². The fourth-order valence-corrected chi connectivity index (χ4v) is 4.90. The van der Waals surface area contributed by atoms with Crippen LogP contribution in [0.15, 0.2) is 77.7 Å². The quantitative estimate of drug-likeness (QED) is 0.600. The fraction of sp³-hybridized carbons (Fsp3) is 0.208. The SMILES string of the molecule is Cc1ccc(S(=O)(=O)Nc2cccc(C(=O)N3CCN(c4cccc(Cl)c4)CC3)c2)cc1. The van der Waals surface area contributed by atoms with Gasteiger partial charge in [-0.05, 0) is 55.5 Å². The number of hydrogen-bond acceptors (Lipinski definition) is 4. The number of carbonyl (C=O) groups is 1. The van der Waals surface area contributed by atoms with Crippen LogP contribution in [0.25, 0.3) is 0 Å². The Bertz CT molecular complexity index is 1220. The lowest BCUT2D eigenvalue weighted by molar-refractivity contribution is 0.0747. The van der Waals surface area contributed by atoms with Gasteiger partial charge in [0.05, 0.1) is 4.90 Å². The third-order valence-electron chi connectivity index (χ3n) is 5.43. The molecule has 1 aliphatic heterocycles. The van der Waals surface area contributed by atoms with Crippen LogP contribution < -0.4 is 9.62 Å². The van der Waals surface area contributed by atoms with Crippen molar-refractivity contribution in [1.82, 2.24) is 4.90 Å². The van der Waals surface area contributed by atoms with Gasteiger partial charge in [0.2, 0.25) is 0 Å². The topological polar surface area (TPSA) is 69.7 Å². The summed E-state index contributed by atoms with van der Waals surface area (Å²) >= 11 is 6.09. The van der Waals surface area contributed by atoms with Gasteiger partial charge in [-0.3, -0.25) is 9.52 Å². The number of anilines is 2. The molecule has 1 amide bonds. The second-order valence-electron chi connectivity index (χ2n) is 7.76. The van der Waals surface area contributed by atoms with E-state index in [-0.39, 0.29) is 10.8 Å². The highest BCUT2D eigenvalue weighted by atomic mass is 35.5. The van der Waals surface area contributed by atoms with E-state index < -0.39 is 10.0 Å². The molecule has 3 aromatic rings. The maximum absolute atomic E-state index is 13.0. The molecular weight excluding hydrogens is 446 g/mol. The Balaban J connectivity index is 1.43. The van der Waals surface area contributed by atoms with E-state index in [0.29, 0.717) is 42.5 Å². The number of rotatable bonds is 5. The molecule has 0 radical (unpaired) electrons. The number of nitrogens with zero attached hydrogens (tertiary/aromatic N) is 2. The van der Waals surface area contributed by atoms with Crippen molar-refractivity contribution in [2.24, 2.45) is 0 Å². The first-order chi connectivity index (χ1) is 15.3. The number of carbonyl (C=O) groups excluding carboxylic acids is 1. The molecule has 6 nitrogen and oxygen atoms in total. The average molecular weight is 470 g/mol. The third-order valence-corrected chi connectivity index (χ3v) is 7.07. The molecule has 166 valence electrons. The maximum atomic E-state index is 13.0. The first kappa shape index (κ1) is 22.2. The third kappa shape index (κ3) is 5.06. The van der Waals surface area contributed by atoms with Crippen LogP contribution in [0.1, 0.15) is 15.9 Å². The second-order valence-corrected chi connectivity index (χ2v) is 9.88. The molecule has 0 atom stereocenters. The van der Waals surface area contributed by atoms with Crippen molar-refractivity contribution < 1.29 is 13.2 Å². The summed E-state index contributed by atoms with van der Waals surface area (Å²) in [6, 6.07) is 20.9. The van der Waals surface area contributed by atoms with Crippen molar-refractivity contribution in [2.75, 3.05) is 35.8 Å². The molecule has 0 unspecified atom stereocenters. The van der Waals surface area contributed by atoms with Crippen LogP contribution in [0.5, 0.6) is 0 Å². The second kappa shape index (κ2) is 9.22. The Kier molecular flexibility index (Phi) is 6.39. The average Bonchev–Trinajstić information content (AvgIpc) is 2.79. The number of benzene rings is 3. The standard InChI is InChI=1S/C24H24ClN3O3S/c1-18-8-10-23(11-9-18)32(30,31)26-21-6-2-4-19(16-21)24(29)28-14-12-27(13-15-28)22-7-3-5-20(25)17-22/h2-11,16-17,26H,12-15H2,1H3. The zero-order valence-corrected chi connectivity index (χ0v) is 19.2. The van der Waals surface area contributed by atoms with Gasteiger partial charge in [0, 0.05) is 48.1 Å². The van der Waals surface area contributed by atoms with Gasteiger partial charge in [-0.25, -0.2) is 8.42 Å². The van der Waals surface area contributed by atoms with E-state index in [1.54, 1.807) is 53.4 Å². The molecule has 0 aliphatic carbocycles. The van der Waals surface area contributed by atoms with Gasteiger partial charge in [0.25, 0.3) is 15.9 Å². The van der Waals surface area contributed by atoms with Crippen molar-refractivity contribution in [2.45, 2.75) is 11.8 Å². The monoisotopic (exact) mass is 469 g/mol. The van der Waals surface area contributed by atoms with Crippen LogP contribution in [-0.2, 0) is 10.0 Å². The van der Waals surface area contributed by atoms with E-state index >= 15 is 0 Å². The highest BCUT2D eigenvalue weighted by molar-refractivity contribution is 7.92. The lowest BCUT2D eigenvalue weighted by Crippen LogP contribution is -2.48. The molecule has 1 aliphatic rings. The minimum Gasteiger partial charge on any atom is -0.368 e. The van der Waals surface area contributed by atoms with Gasteiger partial charge >= 0.3 is 0 Å². The molecule has 0 bridgehead atoms. The van der Waals surface area contributed by atoms with Crippen LogP contribution in [0.4, 0.5) is 11.4 Å². The highest BCUT2D eigenvalue weighted by Crippen LogP contribution is 2.22. The van der Waals surface area contributed by atoms with Crippen LogP contribution in [-0.4, -0.2) is 45.4 Å². The Labute approximate surface area is 193 Å². The summed E-state index contributed by atoms with van der Waals surface area (Å²) in [5.74, 6) is -0.118. The van der Waals surface area contributed by atoms with Crippen molar-refractivity contribution >= 4 is 38.9 Å². The first-order valence-corrected chi connectivity index (χ1v) is 12.2. The molecule has 1 fully saturated rings. The minimum absolute atomic E-state index is 0.118. The van der Waals surface area contributed by atoms with Crippen LogP contribution in [0.2, 0.25) is 5.02 Å². The van der Waals surface area contributed by atoms with Crippen molar-refractivity contribution in [3.63, 3.8) is 0 Å². The number of aryl methyl sites for hydroxylation is 1. The molecule has 0 aromatic heterocycles. The highest BCUT2D eigenvalue weighted by Gasteiger charge is 2.23. The molecule has 1 heterocycles. The van der Waals surface area contributed by atoms with Gasteiger partial charge in [0.1, 0.15) is 0 Å². The number of piperazine rings is 1. The molecule has 1 saturated heterocycles. The smallest absolute Gasteiger partial charge is 0.261 e. The summed E-state index contributed by atoms with van der Waals surface area (Å²) in [5.41, 5.74) is 2.82. The summed E-state index contributed by atoms with van der Waals surface area (Å²) in [6.45, 7) is 4.45. The Hall–Kier alpha value is -3.03. The Morgan fingerprint density at radius 2 is 1.59 bits per heavy atom. The lowest BCUT2D eigenvalue weighted by Gasteiger charge is -2.36. The van der Waals surface area contributed by atoms with Gasteiger partial charge in [-0.1, -0.05) is 41.4 Å². The molecule has 0 spiro atoms. The number of amides is 1. The van der Waals surface area contributed by atoms with E-state index in [9.17, 15) is 13.2 Å². The largest absolute Gasteiger partial charge is 0.368 e.